The van der Waals surface area contributed by atoms with E-state index in [0.29, 0.717) is 0 Å². The van der Waals surface area contributed by atoms with Crippen molar-refractivity contribution >= 4 is 69.6 Å². The second kappa shape index (κ2) is 15.1. The number of allylic oxidation sites excluding steroid dienone is 2. The zero-order valence-electron chi connectivity index (χ0n) is 30.5. The van der Waals surface area contributed by atoms with E-state index in [4.69, 9.17) is 9.97 Å². The fourth-order valence-corrected chi connectivity index (χ4v) is 8.54. The molecule has 0 unspecified atom stereocenters. The Bertz CT molecular complexity index is 2140. The number of hydrogen-bond donors (Lipinski definition) is 1. The summed E-state index contributed by atoms with van der Waals surface area (Å²) in [5, 5.41) is 17.3. The van der Waals surface area contributed by atoms with Crippen molar-refractivity contribution in [3.05, 3.63) is 83.2 Å². The molecule has 3 aromatic carbocycles. The van der Waals surface area contributed by atoms with Crippen LogP contribution in [0.1, 0.15) is 99.1 Å². The van der Waals surface area contributed by atoms with Crippen LogP contribution in [-0.4, -0.2) is 20.9 Å². The molecule has 0 saturated heterocycles. The minimum atomic E-state index is -0.337. The number of carbonyl (C=O) groups excluding carboxylic acids is 1. The molecule has 7 heteroatoms. The number of aromatic nitrogens is 2. The van der Waals surface area contributed by atoms with Gasteiger partial charge in [-0.3, -0.25) is 9.78 Å². The van der Waals surface area contributed by atoms with Crippen molar-refractivity contribution in [2.75, 3.05) is 0 Å². The first-order chi connectivity index (χ1) is 22.7. The third kappa shape index (κ3) is 7.42. The fraction of sp³-hybridized carbons (Fsp3) is 0.405. The van der Waals surface area contributed by atoms with Crippen LogP contribution in [0.3, 0.4) is 0 Å². The van der Waals surface area contributed by atoms with Gasteiger partial charge in [-0.1, -0.05) is 91.5 Å². The third-order valence-electron chi connectivity index (χ3n) is 10.6. The van der Waals surface area contributed by atoms with E-state index in [0.717, 1.165) is 52.5 Å². The molecule has 3 heterocycles. The molecule has 0 aliphatic rings. The van der Waals surface area contributed by atoms with Gasteiger partial charge in [-0.05, 0) is 61.1 Å². The summed E-state index contributed by atoms with van der Waals surface area (Å²) >= 11 is 3.62. The average molecular weight is 870 g/mol. The van der Waals surface area contributed by atoms with Crippen LogP contribution in [0.4, 0.5) is 0 Å². The summed E-state index contributed by atoms with van der Waals surface area (Å²) in [6, 6.07) is 18.9. The zero-order chi connectivity index (χ0) is 35.0. The maximum atomic E-state index is 12.2. The maximum Gasteiger partial charge on any atom is 0.164 e. The van der Waals surface area contributed by atoms with Crippen LogP contribution in [0, 0.1) is 23.8 Å². The van der Waals surface area contributed by atoms with Gasteiger partial charge in [0.1, 0.15) is 12.1 Å². The van der Waals surface area contributed by atoms with Crippen molar-refractivity contribution in [1.29, 1.82) is 0 Å². The van der Waals surface area contributed by atoms with E-state index in [2.05, 4.69) is 81.6 Å². The molecule has 0 fully saturated rings. The van der Waals surface area contributed by atoms with Gasteiger partial charge in [-0.15, -0.1) is 51.8 Å². The smallest absolute Gasteiger partial charge is 0.164 e. The zero-order valence-corrected chi connectivity index (χ0v) is 34.5. The predicted octanol–water partition coefficient (Wildman–Crippen LogP) is 12.9. The topological polar surface area (TPSA) is 63.1 Å². The van der Waals surface area contributed by atoms with Gasteiger partial charge in [0.2, 0.25) is 0 Å². The maximum absolute atomic E-state index is 12.2. The average Bonchev–Trinajstić information content (AvgIpc) is 3.66. The molecule has 1 radical (unpaired) electrons. The summed E-state index contributed by atoms with van der Waals surface area (Å²) in [5.41, 5.74) is 5.13. The summed E-state index contributed by atoms with van der Waals surface area (Å²) in [5.74, 6) is 0.286. The summed E-state index contributed by atoms with van der Waals surface area (Å²) in [7, 11) is 0. The van der Waals surface area contributed by atoms with Gasteiger partial charge < -0.3 is 5.11 Å². The number of aryl methyl sites for hydroxylation is 1. The quantitative estimate of drug-likeness (QED) is 0.0940. The van der Waals surface area contributed by atoms with E-state index in [1.807, 2.05) is 64.2 Å². The number of fused-ring (bicyclic) bond motifs is 6. The number of benzene rings is 3. The van der Waals surface area contributed by atoms with Crippen LogP contribution in [0.15, 0.2) is 66.0 Å². The van der Waals surface area contributed by atoms with Crippen LogP contribution < -0.4 is 0 Å². The molecule has 0 amide bonds. The molecule has 0 aliphatic carbocycles. The normalized spacial score (nSPS) is 12.7. The van der Waals surface area contributed by atoms with E-state index in [1.165, 1.54) is 42.8 Å². The molecule has 6 rings (SSSR count). The van der Waals surface area contributed by atoms with Crippen molar-refractivity contribution in [2.24, 2.45) is 10.8 Å². The summed E-state index contributed by atoms with van der Waals surface area (Å²) in [4.78, 5) is 21.6. The van der Waals surface area contributed by atoms with Gasteiger partial charge in [0.15, 0.2) is 5.78 Å². The number of carbonyl (C=O) groups is 1. The van der Waals surface area contributed by atoms with Crippen molar-refractivity contribution in [3.63, 3.8) is 0 Å². The van der Waals surface area contributed by atoms with Gasteiger partial charge >= 0.3 is 0 Å². The molecule has 0 atom stereocenters. The van der Waals surface area contributed by atoms with Crippen molar-refractivity contribution in [2.45, 2.75) is 100 Å². The molecule has 4 nitrogen and oxygen atoms in total. The first-order valence-electron chi connectivity index (χ1n) is 17.2. The van der Waals surface area contributed by atoms with Gasteiger partial charge in [0.05, 0.1) is 5.52 Å². The molecule has 0 saturated carbocycles. The van der Waals surface area contributed by atoms with E-state index in [1.54, 1.807) is 6.33 Å². The number of ketones is 1. The summed E-state index contributed by atoms with van der Waals surface area (Å²) in [6.07, 6.45) is 6.46. The molecule has 0 spiro atoms. The monoisotopic (exact) mass is 870 g/mol. The van der Waals surface area contributed by atoms with E-state index >= 15 is 0 Å². The van der Waals surface area contributed by atoms with Gasteiger partial charge in [0, 0.05) is 67.6 Å². The van der Waals surface area contributed by atoms with Crippen LogP contribution in [0.5, 0.6) is 0 Å². The molecule has 0 aliphatic heterocycles. The number of hydrogen-bond acceptors (Lipinski definition) is 6. The summed E-state index contributed by atoms with van der Waals surface area (Å²) in [6.45, 7) is 21.1. The second-order valence-corrected chi connectivity index (χ2v) is 16.5. The second-order valence-electron chi connectivity index (χ2n) is 14.6. The van der Waals surface area contributed by atoms with Crippen molar-refractivity contribution in [1.82, 2.24) is 9.97 Å². The number of nitrogens with zero attached hydrogens (tertiary/aromatic N) is 2. The Morgan fingerprint density at radius 1 is 0.878 bits per heavy atom. The molecular formula is C42H49IrN2O2S2-. The van der Waals surface area contributed by atoms with E-state index in [-0.39, 0.29) is 47.9 Å². The number of rotatable bonds is 8. The van der Waals surface area contributed by atoms with Crippen molar-refractivity contribution in [3.8, 4) is 11.3 Å². The van der Waals surface area contributed by atoms with Crippen LogP contribution in [-0.2, 0) is 30.3 Å². The molecule has 0 bridgehead atoms. The standard InChI is InChI=1S/C27H21N2S2.C15H28O2.Ir/c1-15-13-30-21-10-9-19-24-26(31-25(19)22(15)21)23(28-14-29-24)17-11-16-7-5-6-8-18(16)20(12-17)27(2,3)4;1-7-14(5,8-2)12(16)11-13(17)15(6,9-3)10-4;/h5-10,12-14H,1-4H3;11,16H,7-10H2,1-6H3;/q-1;;/b;12-11-;. The van der Waals surface area contributed by atoms with Gasteiger partial charge in [-0.2, -0.15) is 0 Å². The van der Waals surface area contributed by atoms with E-state index in [9.17, 15) is 9.90 Å². The van der Waals surface area contributed by atoms with Gasteiger partial charge in [0.25, 0.3) is 0 Å². The molecule has 1 N–H and O–H groups in total. The largest absolute Gasteiger partial charge is 0.512 e. The molecule has 3 aromatic heterocycles. The first-order valence-corrected chi connectivity index (χ1v) is 18.9. The Labute approximate surface area is 313 Å². The number of aliphatic hydroxyl groups excluding tert-OH is 1. The number of thiophene rings is 2. The summed E-state index contributed by atoms with van der Waals surface area (Å²) < 4.78 is 3.78. The SMILES string of the molecule is CCC(C)(CC)C(=O)/C=C(\O)C(C)(CC)CC.Cc1csc2ccc3c4ncnc(-c5[c-]c6ccccc6c(C(C)(C)C)c5)c4sc3c12.[Ir]. The molecule has 261 valence electrons. The fourth-order valence-electron chi connectivity index (χ4n) is 6.16. The Morgan fingerprint density at radius 2 is 1.53 bits per heavy atom. The Balaban J connectivity index is 0.000000260. The molecule has 6 aromatic rings. The van der Waals surface area contributed by atoms with Crippen LogP contribution in [0.2, 0.25) is 0 Å². The Morgan fingerprint density at radius 3 is 2.16 bits per heavy atom. The minimum Gasteiger partial charge on any atom is -0.512 e. The number of aliphatic hydroxyl groups is 1. The minimum absolute atomic E-state index is 0. The molecule has 49 heavy (non-hydrogen) atoms. The Kier molecular flexibility index (Phi) is 12.0. The third-order valence-corrected chi connectivity index (χ3v) is 12.9. The first kappa shape index (κ1) is 38.8. The Hall–Kier alpha value is -2.96. The molecular weight excluding hydrogens is 821 g/mol. The predicted molar refractivity (Wildman–Crippen MR) is 209 cm³/mol. The van der Waals surface area contributed by atoms with E-state index < -0.39 is 0 Å². The van der Waals surface area contributed by atoms with Gasteiger partial charge in [-0.25, -0.2) is 4.98 Å². The van der Waals surface area contributed by atoms with Crippen LogP contribution in [0.25, 0.3) is 52.4 Å². The van der Waals surface area contributed by atoms with Crippen molar-refractivity contribution < 1.29 is 30.0 Å². The van der Waals surface area contributed by atoms with Crippen LogP contribution >= 0.6 is 22.7 Å².